The van der Waals surface area contributed by atoms with Crippen LogP contribution in [0.5, 0.6) is 0 Å². The number of aryl methyl sites for hydroxylation is 1. The van der Waals surface area contributed by atoms with Crippen molar-refractivity contribution in [1.29, 1.82) is 0 Å². The average molecular weight is 531 g/mol. The molecule has 1 saturated heterocycles. The molecule has 1 aliphatic carbocycles. The van der Waals surface area contributed by atoms with Crippen LogP contribution in [-0.2, 0) is 19.3 Å². The first-order valence-electron chi connectivity index (χ1n) is 12.3. The van der Waals surface area contributed by atoms with Crippen LogP contribution in [0.1, 0.15) is 61.0 Å². The Kier molecular flexibility index (Phi) is 8.08. The lowest BCUT2D eigenvalue weighted by molar-refractivity contribution is -0.278. The molecule has 1 N–H and O–H groups in total. The van der Waals surface area contributed by atoms with Gasteiger partial charge >= 0.3 is 11.9 Å². The summed E-state index contributed by atoms with van der Waals surface area (Å²) >= 11 is 0. The van der Waals surface area contributed by atoms with Crippen LogP contribution in [0.4, 0.5) is 13.2 Å². The standard InChI is InChI=1S/C29H29F3O6/c1-16-10-17(4-8-24(16)30)22-14-21(37-38-28(35)18-5-9-25(31)26(32)11-18)15-29(2,3)23(22)7-6-20-12-19(33)13-27(34)36-20/h4-11,19-21,33H,12-15H2,1-3H3/b7-6+/t19-,20-,21?/m0/s1. The second kappa shape index (κ2) is 11.1. The van der Waals surface area contributed by atoms with Gasteiger partial charge in [0.05, 0.1) is 18.1 Å². The molecule has 1 heterocycles. The lowest BCUT2D eigenvalue weighted by Gasteiger charge is -2.38. The number of aliphatic hydroxyl groups is 1. The van der Waals surface area contributed by atoms with Crippen LogP contribution in [0.15, 0.2) is 54.1 Å². The van der Waals surface area contributed by atoms with E-state index in [0.717, 1.165) is 34.9 Å². The molecule has 38 heavy (non-hydrogen) atoms. The van der Waals surface area contributed by atoms with Gasteiger partial charge in [-0.3, -0.25) is 9.68 Å². The Morgan fingerprint density at radius 2 is 1.82 bits per heavy atom. The Morgan fingerprint density at radius 3 is 2.50 bits per heavy atom. The number of esters is 1. The van der Waals surface area contributed by atoms with Gasteiger partial charge in [0.25, 0.3) is 0 Å². The molecule has 2 aliphatic rings. The lowest BCUT2D eigenvalue weighted by atomic mass is 9.69. The molecule has 1 aliphatic heterocycles. The molecule has 3 atom stereocenters. The highest BCUT2D eigenvalue weighted by molar-refractivity contribution is 5.88. The van der Waals surface area contributed by atoms with Gasteiger partial charge in [-0.2, -0.15) is 4.89 Å². The van der Waals surface area contributed by atoms with Gasteiger partial charge in [0, 0.05) is 12.8 Å². The highest BCUT2D eigenvalue weighted by Gasteiger charge is 2.37. The number of hydrogen-bond acceptors (Lipinski definition) is 6. The predicted octanol–water partition coefficient (Wildman–Crippen LogP) is 5.77. The van der Waals surface area contributed by atoms with Crippen molar-refractivity contribution < 1.29 is 42.4 Å². The molecule has 2 aromatic rings. The number of carbonyl (C=O) groups is 2. The Hall–Kier alpha value is -3.43. The first-order chi connectivity index (χ1) is 17.9. The summed E-state index contributed by atoms with van der Waals surface area (Å²) in [5, 5.41) is 9.95. The zero-order chi connectivity index (χ0) is 27.6. The third-order valence-corrected chi connectivity index (χ3v) is 6.81. The van der Waals surface area contributed by atoms with E-state index in [1.54, 1.807) is 25.1 Å². The highest BCUT2D eigenvalue weighted by Crippen LogP contribution is 2.46. The van der Waals surface area contributed by atoms with Crippen LogP contribution in [0, 0.1) is 29.8 Å². The Morgan fingerprint density at radius 1 is 1.08 bits per heavy atom. The zero-order valence-electron chi connectivity index (χ0n) is 21.3. The third kappa shape index (κ3) is 6.34. The Labute approximate surface area is 218 Å². The summed E-state index contributed by atoms with van der Waals surface area (Å²) in [6.07, 6.45) is 2.60. The molecule has 0 amide bonds. The molecule has 0 spiro atoms. The van der Waals surface area contributed by atoms with E-state index in [4.69, 9.17) is 14.5 Å². The number of ether oxygens (including phenoxy) is 1. The number of benzene rings is 2. The van der Waals surface area contributed by atoms with Gasteiger partial charge in [0.1, 0.15) is 18.0 Å². The fourth-order valence-corrected chi connectivity index (χ4v) is 4.91. The van der Waals surface area contributed by atoms with E-state index in [0.29, 0.717) is 18.4 Å². The van der Waals surface area contributed by atoms with E-state index in [1.165, 1.54) is 6.07 Å². The van der Waals surface area contributed by atoms with Crippen molar-refractivity contribution in [3.05, 3.63) is 88.3 Å². The van der Waals surface area contributed by atoms with Crippen LogP contribution in [0.2, 0.25) is 0 Å². The maximum absolute atomic E-state index is 14.0. The van der Waals surface area contributed by atoms with Crippen LogP contribution < -0.4 is 0 Å². The third-order valence-electron chi connectivity index (χ3n) is 6.81. The van der Waals surface area contributed by atoms with Crippen molar-refractivity contribution in [1.82, 2.24) is 0 Å². The van der Waals surface area contributed by atoms with Crippen LogP contribution in [-0.4, -0.2) is 35.4 Å². The fraction of sp³-hybridized carbons (Fsp3) is 0.379. The molecule has 1 fully saturated rings. The van der Waals surface area contributed by atoms with Crippen LogP contribution >= 0.6 is 0 Å². The topological polar surface area (TPSA) is 82.1 Å². The summed E-state index contributed by atoms with van der Waals surface area (Å²) in [6.45, 7) is 5.60. The van der Waals surface area contributed by atoms with Gasteiger partial charge in [0.2, 0.25) is 0 Å². The minimum Gasteiger partial charge on any atom is -0.458 e. The van der Waals surface area contributed by atoms with Gasteiger partial charge < -0.3 is 9.84 Å². The van der Waals surface area contributed by atoms with E-state index in [2.05, 4.69) is 0 Å². The van der Waals surface area contributed by atoms with Gasteiger partial charge in [-0.05, 0) is 77.4 Å². The van der Waals surface area contributed by atoms with Crippen LogP contribution in [0.25, 0.3) is 5.57 Å². The number of aliphatic hydroxyl groups excluding tert-OH is 1. The fourth-order valence-electron chi connectivity index (χ4n) is 4.91. The molecule has 0 bridgehead atoms. The summed E-state index contributed by atoms with van der Waals surface area (Å²) in [5.74, 6) is -4.05. The summed E-state index contributed by atoms with van der Waals surface area (Å²) in [6, 6.07) is 7.40. The predicted molar refractivity (Wildman–Crippen MR) is 132 cm³/mol. The second-order valence-corrected chi connectivity index (χ2v) is 10.3. The minimum atomic E-state index is -1.18. The maximum Gasteiger partial charge on any atom is 0.373 e. The van der Waals surface area contributed by atoms with Crippen molar-refractivity contribution in [3.63, 3.8) is 0 Å². The molecule has 202 valence electrons. The van der Waals surface area contributed by atoms with E-state index < -0.39 is 47.3 Å². The largest absolute Gasteiger partial charge is 0.458 e. The number of rotatable bonds is 6. The Bertz CT molecular complexity index is 1300. The normalized spacial score (nSPS) is 23.4. The smallest absolute Gasteiger partial charge is 0.373 e. The van der Waals surface area contributed by atoms with E-state index in [-0.39, 0.29) is 24.2 Å². The molecule has 4 rings (SSSR count). The van der Waals surface area contributed by atoms with Gasteiger partial charge in [-0.1, -0.05) is 26.0 Å². The molecule has 9 heteroatoms. The van der Waals surface area contributed by atoms with Crippen molar-refractivity contribution in [3.8, 4) is 0 Å². The summed E-state index contributed by atoms with van der Waals surface area (Å²) in [5.41, 5.74) is 2.19. The average Bonchev–Trinajstić information content (AvgIpc) is 2.84. The minimum absolute atomic E-state index is 0.0407. The zero-order valence-corrected chi connectivity index (χ0v) is 21.3. The Balaban J connectivity index is 1.61. The molecule has 2 aromatic carbocycles. The van der Waals surface area contributed by atoms with Gasteiger partial charge in [-0.15, -0.1) is 0 Å². The number of cyclic esters (lactones) is 1. The van der Waals surface area contributed by atoms with Crippen molar-refractivity contribution in [2.75, 3.05) is 0 Å². The van der Waals surface area contributed by atoms with Gasteiger partial charge in [0.15, 0.2) is 11.6 Å². The van der Waals surface area contributed by atoms with Crippen molar-refractivity contribution in [2.45, 2.75) is 64.8 Å². The maximum atomic E-state index is 14.0. The molecular formula is C29H29F3O6. The SMILES string of the molecule is Cc1cc(C2=C(/C=C/[C@H]3C[C@H](O)CC(=O)O3)C(C)(C)CC(OOC(=O)c3ccc(F)c(F)c3)C2)ccc1F. The number of allylic oxidation sites excluding steroid dienone is 2. The summed E-state index contributed by atoms with van der Waals surface area (Å²) < 4.78 is 46.1. The number of halogens is 3. The van der Waals surface area contributed by atoms with Crippen molar-refractivity contribution in [2.24, 2.45) is 5.41 Å². The molecule has 0 radical (unpaired) electrons. The second-order valence-electron chi connectivity index (χ2n) is 10.3. The first kappa shape index (κ1) is 27.6. The lowest BCUT2D eigenvalue weighted by Crippen LogP contribution is -2.32. The molecule has 1 unspecified atom stereocenters. The van der Waals surface area contributed by atoms with Crippen LogP contribution in [0.3, 0.4) is 0 Å². The number of hydrogen-bond donors (Lipinski definition) is 1. The van der Waals surface area contributed by atoms with E-state index in [1.807, 2.05) is 19.9 Å². The first-order valence-corrected chi connectivity index (χ1v) is 12.3. The molecular weight excluding hydrogens is 501 g/mol. The molecule has 0 saturated carbocycles. The molecule has 0 aromatic heterocycles. The summed E-state index contributed by atoms with van der Waals surface area (Å²) in [7, 11) is 0. The molecule has 6 nitrogen and oxygen atoms in total. The summed E-state index contributed by atoms with van der Waals surface area (Å²) in [4.78, 5) is 34.6. The quantitative estimate of drug-likeness (QED) is 0.290. The monoisotopic (exact) mass is 530 g/mol. The van der Waals surface area contributed by atoms with E-state index >= 15 is 0 Å². The highest BCUT2D eigenvalue weighted by atomic mass is 19.2. The van der Waals surface area contributed by atoms with Gasteiger partial charge in [-0.25, -0.2) is 18.0 Å². The van der Waals surface area contributed by atoms with Crippen molar-refractivity contribution >= 4 is 17.5 Å². The van der Waals surface area contributed by atoms with E-state index in [9.17, 15) is 27.9 Å². The number of carbonyl (C=O) groups excluding carboxylic acids is 2.